The molecule has 2 aromatic rings. The molecular weight excluding hydrogens is 396 g/mol. The summed E-state index contributed by atoms with van der Waals surface area (Å²) >= 11 is 6.09. The highest BCUT2D eigenvalue weighted by Gasteiger charge is 2.28. The average molecular weight is 415 g/mol. The minimum atomic E-state index is -0.492. The van der Waals surface area contributed by atoms with Crippen LogP contribution in [0, 0.1) is 16.0 Å². The van der Waals surface area contributed by atoms with E-state index in [2.05, 4.69) is 10.5 Å². The number of non-ortho nitro benzene ring substituents is 1. The third-order valence-corrected chi connectivity index (χ3v) is 5.06. The van der Waals surface area contributed by atoms with E-state index in [0.717, 1.165) is 0 Å². The first-order valence-corrected chi connectivity index (χ1v) is 9.44. The van der Waals surface area contributed by atoms with Crippen LogP contribution in [-0.4, -0.2) is 40.9 Å². The Morgan fingerprint density at radius 2 is 1.90 bits per heavy atom. The molecule has 0 radical (unpaired) electrons. The van der Waals surface area contributed by atoms with Gasteiger partial charge in [0.25, 0.3) is 11.6 Å². The molecule has 1 saturated heterocycles. The lowest BCUT2D eigenvalue weighted by Crippen LogP contribution is -2.42. The van der Waals surface area contributed by atoms with Crippen LogP contribution in [0.25, 0.3) is 0 Å². The first-order valence-electron chi connectivity index (χ1n) is 9.07. The summed E-state index contributed by atoms with van der Waals surface area (Å²) in [4.78, 5) is 36.9. The molecule has 3 rings (SSSR count). The number of rotatable bonds is 5. The number of nitro groups is 1. The van der Waals surface area contributed by atoms with E-state index in [4.69, 9.17) is 11.6 Å². The molecule has 2 aromatic carbocycles. The SMILES string of the molecule is O=C(N/N=C\c1cccc([N+](=O)[O-])c1)C1CCN(C(=O)c2ccccc2Cl)CC1. The monoisotopic (exact) mass is 414 g/mol. The van der Waals surface area contributed by atoms with E-state index in [9.17, 15) is 19.7 Å². The molecule has 1 aliphatic rings. The van der Waals surface area contributed by atoms with Crippen LogP contribution < -0.4 is 5.43 Å². The Kier molecular flexibility index (Phi) is 6.56. The third kappa shape index (κ3) is 5.17. The lowest BCUT2D eigenvalue weighted by Gasteiger charge is -2.31. The zero-order chi connectivity index (χ0) is 20.8. The Bertz CT molecular complexity index is 955. The molecule has 1 heterocycles. The first-order chi connectivity index (χ1) is 14.0. The highest BCUT2D eigenvalue weighted by atomic mass is 35.5. The molecule has 2 amide bonds. The van der Waals surface area contributed by atoms with Crippen molar-refractivity contribution in [2.45, 2.75) is 12.8 Å². The lowest BCUT2D eigenvalue weighted by atomic mass is 9.95. The van der Waals surface area contributed by atoms with Crippen molar-refractivity contribution in [1.29, 1.82) is 0 Å². The van der Waals surface area contributed by atoms with Gasteiger partial charge in [0.1, 0.15) is 0 Å². The maximum absolute atomic E-state index is 12.6. The number of hydrazone groups is 1. The predicted molar refractivity (Wildman–Crippen MR) is 109 cm³/mol. The fourth-order valence-corrected chi connectivity index (χ4v) is 3.35. The van der Waals surface area contributed by atoms with Crippen LogP contribution in [0.5, 0.6) is 0 Å². The molecule has 8 nitrogen and oxygen atoms in total. The van der Waals surface area contributed by atoms with Gasteiger partial charge in [0, 0.05) is 36.7 Å². The quantitative estimate of drug-likeness (QED) is 0.460. The fraction of sp³-hybridized carbons (Fsp3) is 0.250. The Hall–Kier alpha value is -3.26. The summed E-state index contributed by atoms with van der Waals surface area (Å²) in [5, 5.41) is 15.1. The highest BCUT2D eigenvalue weighted by Crippen LogP contribution is 2.22. The van der Waals surface area contributed by atoms with E-state index in [1.165, 1.54) is 18.3 Å². The minimum absolute atomic E-state index is 0.0455. The second kappa shape index (κ2) is 9.29. The Morgan fingerprint density at radius 1 is 1.17 bits per heavy atom. The number of halogens is 1. The van der Waals surface area contributed by atoms with Crippen molar-refractivity contribution in [2.75, 3.05) is 13.1 Å². The van der Waals surface area contributed by atoms with Gasteiger partial charge < -0.3 is 4.90 Å². The van der Waals surface area contributed by atoms with Gasteiger partial charge in [0.15, 0.2) is 0 Å². The van der Waals surface area contributed by atoms with Crippen LogP contribution in [0.4, 0.5) is 5.69 Å². The number of likely N-dealkylation sites (tertiary alicyclic amines) is 1. The molecule has 0 spiro atoms. The van der Waals surface area contributed by atoms with E-state index in [-0.39, 0.29) is 23.4 Å². The number of nitro benzene ring substituents is 1. The van der Waals surface area contributed by atoms with Gasteiger partial charge in [-0.15, -0.1) is 0 Å². The van der Waals surface area contributed by atoms with E-state index >= 15 is 0 Å². The van der Waals surface area contributed by atoms with E-state index in [1.54, 1.807) is 41.3 Å². The van der Waals surface area contributed by atoms with Gasteiger partial charge in [-0.1, -0.05) is 35.9 Å². The number of carbonyl (C=O) groups excluding carboxylic acids is 2. The molecule has 9 heteroatoms. The molecule has 0 bridgehead atoms. The molecule has 0 atom stereocenters. The second-order valence-corrected chi connectivity index (χ2v) is 7.04. The zero-order valence-electron chi connectivity index (χ0n) is 15.5. The standard InChI is InChI=1S/C20H19ClN4O4/c21-18-7-2-1-6-17(18)20(27)24-10-8-15(9-11-24)19(26)23-22-13-14-4-3-5-16(12-14)25(28)29/h1-7,12-13,15H,8-11H2,(H,23,26)/b22-13-. The Labute approximate surface area is 172 Å². The van der Waals surface area contributed by atoms with Crippen molar-refractivity contribution < 1.29 is 14.5 Å². The lowest BCUT2D eigenvalue weighted by molar-refractivity contribution is -0.384. The average Bonchev–Trinajstić information content (AvgIpc) is 2.74. The van der Waals surface area contributed by atoms with Gasteiger partial charge in [0.2, 0.25) is 5.91 Å². The number of nitrogens with zero attached hydrogens (tertiary/aromatic N) is 3. The molecule has 1 aliphatic heterocycles. The maximum Gasteiger partial charge on any atom is 0.270 e. The summed E-state index contributed by atoms with van der Waals surface area (Å²) in [6, 6.07) is 12.8. The van der Waals surface area contributed by atoms with E-state index in [1.807, 2.05) is 0 Å². The maximum atomic E-state index is 12.6. The number of benzene rings is 2. The molecule has 0 unspecified atom stereocenters. The van der Waals surface area contributed by atoms with Crippen LogP contribution >= 0.6 is 11.6 Å². The largest absolute Gasteiger partial charge is 0.339 e. The van der Waals surface area contributed by atoms with Gasteiger partial charge in [-0.2, -0.15) is 5.10 Å². The number of hydrogen-bond acceptors (Lipinski definition) is 5. The molecular formula is C20H19ClN4O4. The van der Waals surface area contributed by atoms with Gasteiger partial charge in [-0.25, -0.2) is 5.43 Å². The summed E-state index contributed by atoms with van der Waals surface area (Å²) in [6.07, 6.45) is 2.41. The molecule has 29 heavy (non-hydrogen) atoms. The van der Waals surface area contributed by atoms with Crippen LogP contribution in [0.2, 0.25) is 5.02 Å². The molecule has 0 aromatic heterocycles. The summed E-state index contributed by atoms with van der Waals surface area (Å²) in [6.45, 7) is 0.910. The van der Waals surface area contributed by atoms with Gasteiger partial charge in [-0.3, -0.25) is 19.7 Å². The van der Waals surface area contributed by atoms with Crippen LogP contribution in [0.3, 0.4) is 0 Å². The van der Waals surface area contributed by atoms with Crippen LogP contribution in [-0.2, 0) is 4.79 Å². The number of carbonyl (C=O) groups is 2. The summed E-state index contributed by atoms with van der Waals surface area (Å²) in [5.41, 5.74) is 3.40. The predicted octanol–water partition coefficient (Wildman–Crippen LogP) is 3.25. The summed E-state index contributed by atoms with van der Waals surface area (Å²) in [5.74, 6) is -0.637. The zero-order valence-corrected chi connectivity index (χ0v) is 16.2. The number of amides is 2. The van der Waals surface area contributed by atoms with Crippen molar-refractivity contribution in [3.8, 4) is 0 Å². The Balaban J connectivity index is 1.51. The second-order valence-electron chi connectivity index (χ2n) is 6.63. The van der Waals surface area contributed by atoms with Crippen LogP contribution in [0.15, 0.2) is 53.6 Å². The van der Waals surface area contributed by atoms with E-state index < -0.39 is 4.92 Å². The molecule has 1 fully saturated rings. The number of nitrogens with one attached hydrogen (secondary N) is 1. The molecule has 0 saturated carbocycles. The van der Waals surface area contributed by atoms with Crippen molar-refractivity contribution in [3.05, 3.63) is 74.8 Å². The topological polar surface area (TPSA) is 105 Å². The first kappa shape index (κ1) is 20.5. The summed E-state index contributed by atoms with van der Waals surface area (Å²) in [7, 11) is 0. The van der Waals surface area contributed by atoms with Crippen molar-refractivity contribution in [1.82, 2.24) is 10.3 Å². The fourth-order valence-electron chi connectivity index (χ4n) is 3.13. The molecule has 150 valence electrons. The molecule has 0 aliphatic carbocycles. The van der Waals surface area contributed by atoms with Crippen LogP contribution in [0.1, 0.15) is 28.8 Å². The highest BCUT2D eigenvalue weighted by molar-refractivity contribution is 6.33. The Morgan fingerprint density at radius 3 is 2.59 bits per heavy atom. The summed E-state index contributed by atoms with van der Waals surface area (Å²) < 4.78 is 0. The van der Waals surface area contributed by atoms with E-state index in [0.29, 0.717) is 42.1 Å². The van der Waals surface area contributed by atoms with Crippen molar-refractivity contribution in [3.63, 3.8) is 0 Å². The van der Waals surface area contributed by atoms with Crippen molar-refractivity contribution in [2.24, 2.45) is 11.0 Å². The third-order valence-electron chi connectivity index (χ3n) is 4.73. The van der Waals surface area contributed by atoms with Gasteiger partial charge in [-0.05, 0) is 25.0 Å². The number of hydrogen-bond donors (Lipinski definition) is 1. The molecule has 1 N–H and O–H groups in total. The minimum Gasteiger partial charge on any atom is -0.339 e. The van der Waals surface area contributed by atoms with Crippen molar-refractivity contribution >= 4 is 35.3 Å². The smallest absolute Gasteiger partial charge is 0.270 e. The van der Waals surface area contributed by atoms with Gasteiger partial charge >= 0.3 is 0 Å². The number of piperidine rings is 1. The normalized spacial score (nSPS) is 14.7. The van der Waals surface area contributed by atoms with Gasteiger partial charge in [0.05, 0.1) is 21.7 Å².